The molecule has 6 heteroatoms. The van der Waals surface area contributed by atoms with Crippen LogP contribution in [0.2, 0.25) is 0 Å². The molecule has 0 aromatic carbocycles. The molecule has 1 amide bonds. The van der Waals surface area contributed by atoms with Gasteiger partial charge in [-0.2, -0.15) is 5.26 Å². The standard InChI is InChI=1S/C15H25N3O3/c1-11(2)15(3,10-16)17-13(19)9-18-7-5-12(6-8-18)14(20)21-4/h11-12H,5-9H2,1-4H3,(H,17,19)/t15-/m1/s1. The topological polar surface area (TPSA) is 82.4 Å². The van der Waals surface area contributed by atoms with Gasteiger partial charge in [-0.25, -0.2) is 0 Å². The molecule has 0 bridgehead atoms. The molecular formula is C15H25N3O3. The molecule has 1 N–H and O–H groups in total. The Morgan fingerprint density at radius 2 is 2.00 bits per heavy atom. The van der Waals surface area contributed by atoms with Gasteiger partial charge in [0.25, 0.3) is 0 Å². The second-order valence-electron chi connectivity index (χ2n) is 6.09. The van der Waals surface area contributed by atoms with E-state index >= 15 is 0 Å². The molecule has 1 saturated heterocycles. The summed E-state index contributed by atoms with van der Waals surface area (Å²) in [6.45, 7) is 7.20. The fourth-order valence-corrected chi connectivity index (χ4v) is 2.33. The van der Waals surface area contributed by atoms with E-state index in [1.807, 2.05) is 18.7 Å². The van der Waals surface area contributed by atoms with Gasteiger partial charge < -0.3 is 10.1 Å². The van der Waals surface area contributed by atoms with Gasteiger partial charge in [0.2, 0.25) is 5.91 Å². The lowest BCUT2D eigenvalue weighted by Crippen LogP contribution is -2.52. The summed E-state index contributed by atoms with van der Waals surface area (Å²) in [5.41, 5.74) is -0.846. The molecule has 0 aromatic heterocycles. The van der Waals surface area contributed by atoms with Gasteiger partial charge in [-0.05, 0) is 38.8 Å². The number of esters is 1. The second kappa shape index (κ2) is 7.41. The molecule has 1 rings (SSSR count). The van der Waals surface area contributed by atoms with Crippen LogP contribution >= 0.6 is 0 Å². The summed E-state index contributed by atoms with van der Waals surface area (Å²) in [6, 6.07) is 2.16. The summed E-state index contributed by atoms with van der Waals surface area (Å²) in [5, 5.41) is 12.0. The molecule has 21 heavy (non-hydrogen) atoms. The number of carbonyl (C=O) groups excluding carboxylic acids is 2. The highest BCUT2D eigenvalue weighted by atomic mass is 16.5. The highest BCUT2D eigenvalue weighted by Crippen LogP contribution is 2.19. The lowest BCUT2D eigenvalue weighted by molar-refractivity contribution is -0.147. The third-order valence-electron chi connectivity index (χ3n) is 4.28. The molecular weight excluding hydrogens is 270 g/mol. The Morgan fingerprint density at radius 1 is 1.43 bits per heavy atom. The first-order valence-corrected chi connectivity index (χ1v) is 7.35. The molecule has 0 aliphatic carbocycles. The minimum atomic E-state index is -0.846. The smallest absolute Gasteiger partial charge is 0.308 e. The Bertz CT molecular complexity index is 422. The van der Waals surface area contributed by atoms with Crippen molar-refractivity contribution in [2.24, 2.45) is 11.8 Å². The van der Waals surface area contributed by atoms with E-state index in [1.165, 1.54) is 7.11 Å². The van der Waals surface area contributed by atoms with Crippen LogP contribution in [0.5, 0.6) is 0 Å². The van der Waals surface area contributed by atoms with Crippen molar-refractivity contribution in [3.63, 3.8) is 0 Å². The summed E-state index contributed by atoms with van der Waals surface area (Å²) < 4.78 is 4.74. The van der Waals surface area contributed by atoms with Gasteiger partial charge in [-0.3, -0.25) is 14.5 Å². The Balaban J connectivity index is 2.44. The van der Waals surface area contributed by atoms with Crippen molar-refractivity contribution in [2.45, 2.75) is 39.2 Å². The number of piperidine rings is 1. The van der Waals surface area contributed by atoms with Gasteiger partial charge >= 0.3 is 5.97 Å². The average molecular weight is 295 g/mol. The lowest BCUT2D eigenvalue weighted by Gasteiger charge is -2.32. The number of nitrogens with zero attached hydrogens (tertiary/aromatic N) is 2. The van der Waals surface area contributed by atoms with Crippen LogP contribution in [0, 0.1) is 23.2 Å². The van der Waals surface area contributed by atoms with E-state index in [4.69, 9.17) is 4.74 Å². The van der Waals surface area contributed by atoms with Crippen molar-refractivity contribution in [1.29, 1.82) is 5.26 Å². The molecule has 0 radical (unpaired) electrons. The molecule has 1 fully saturated rings. The van der Waals surface area contributed by atoms with Crippen LogP contribution in [0.1, 0.15) is 33.6 Å². The van der Waals surface area contributed by atoms with E-state index in [1.54, 1.807) is 6.92 Å². The predicted molar refractivity (Wildman–Crippen MR) is 78.2 cm³/mol. The molecule has 1 aliphatic heterocycles. The minimum absolute atomic E-state index is 0.0384. The van der Waals surface area contributed by atoms with Gasteiger partial charge in [0, 0.05) is 0 Å². The zero-order valence-electron chi connectivity index (χ0n) is 13.3. The quantitative estimate of drug-likeness (QED) is 0.763. The van der Waals surface area contributed by atoms with E-state index < -0.39 is 5.54 Å². The number of likely N-dealkylation sites (tertiary alicyclic amines) is 1. The Hall–Kier alpha value is -1.61. The van der Waals surface area contributed by atoms with Crippen LogP contribution < -0.4 is 5.32 Å². The zero-order chi connectivity index (χ0) is 16.0. The van der Waals surface area contributed by atoms with Crippen LogP contribution in [0.25, 0.3) is 0 Å². The molecule has 0 saturated carbocycles. The molecule has 0 unspecified atom stereocenters. The van der Waals surface area contributed by atoms with Gasteiger partial charge in [-0.15, -0.1) is 0 Å². The lowest BCUT2D eigenvalue weighted by atomic mass is 9.90. The first kappa shape index (κ1) is 17.4. The van der Waals surface area contributed by atoms with Crippen molar-refractivity contribution in [3.05, 3.63) is 0 Å². The number of nitrogens with one attached hydrogen (secondary N) is 1. The molecule has 0 aromatic rings. The van der Waals surface area contributed by atoms with Crippen molar-refractivity contribution in [1.82, 2.24) is 10.2 Å². The maximum Gasteiger partial charge on any atom is 0.308 e. The number of hydrogen-bond acceptors (Lipinski definition) is 5. The molecule has 1 aliphatic rings. The van der Waals surface area contributed by atoms with E-state index in [2.05, 4.69) is 11.4 Å². The van der Waals surface area contributed by atoms with E-state index in [-0.39, 0.29) is 30.3 Å². The SMILES string of the molecule is COC(=O)C1CCN(CC(=O)N[C@](C)(C#N)C(C)C)CC1. The number of methoxy groups -OCH3 is 1. The van der Waals surface area contributed by atoms with Crippen LogP contribution in [-0.4, -0.2) is 49.1 Å². The van der Waals surface area contributed by atoms with Gasteiger partial charge in [0.1, 0.15) is 5.54 Å². The second-order valence-corrected chi connectivity index (χ2v) is 6.09. The third kappa shape index (κ3) is 4.71. The largest absolute Gasteiger partial charge is 0.469 e. The van der Waals surface area contributed by atoms with Crippen LogP contribution in [0.3, 0.4) is 0 Å². The van der Waals surface area contributed by atoms with E-state index in [9.17, 15) is 14.9 Å². The monoisotopic (exact) mass is 295 g/mol. The van der Waals surface area contributed by atoms with Crippen molar-refractivity contribution in [2.75, 3.05) is 26.7 Å². The van der Waals surface area contributed by atoms with Crippen molar-refractivity contribution in [3.8, 4) is 6.07 Å². The molecule has 118 valence electrons. The van der Waals surface area contributed by atoms with Gasteiger partial charge in [-0.1, -0.05) is 13.8 Å². The summed E-state index contributed by atoms with van der Waals surface area (Å²) in [4.78, 5) is 25.5. The highest BCUT2D eigenvalue weighted by Gasteiger charge is 2.31. The number of rotatable bonds is 5. The Kier molecular flexibility index (Phi) is 6.16. The van der Waals surface area contributed by atoms with Crippen LogP contribution in [0.4, 0.5) is 0 Å². The van der Waals surface area contributed by atoms with E-state index in [0.717, 1.165) is 0 Å². The van der Waals surface area contributed by atoms with E-state index in [0.29, 0.717) is 25.9 Å². The summed E-state index contributed by atoms with van der Waals surface area (Å²) in [6.07, 6.45) is 1.42. The minimum Gasteiger partial charge on any atom is -0.469 e. The average Bonchev–Trinajstić information content (AvgIpc) is 2.46. The zero-order valence-corrected chi connectivity index (χ0v) is 13.3. The summed E-state index contributed by atoms with van der Waals surface area (Å²) in [5.74, 6) is -0.342. The fourth-order valence-electron chi connectivity index (χ4n) is 2.33. The highest BCUT2D eigenvalue weighted by molar-refractivity contribution is 5.79. The number of carbonyl (C=O) groups is 2. The summed E-state index contributed by atoms with van der Waals surface area (Å²) in [7, 11) is 1.40. The van der Waals surface area contributed by atoms with Crippen LogP contribution in [-0.2, 0) is 14.3 Å². The van der Waals surface area contributed by atoms with Crippen molar-refractivity contribution < 1.29 is 14.3 Å². The first-order chi connectivity index (χ1) is 9.82. The molecule has 1 heterocycles. The fraction of sp³-hybridized carbons (Fsp3) is 0.800. The maximum absolute atomic E-state index is 12.1. The predicted octanol–water partition coefficient (Wildman–Crippen LogP) is 0.926. The third-order valence-corrected chi connectivity index (χ3v) is 4.28. The molecule has 0 spiro atoms. The van der Waals surface area contributed by atoms with Crippen molar-refractivity contribution >= 4 is 11.9 Å². The number of nitriles is 1. The summed E-state index contributed by atoms with van der Waals surface area (Å²) >= 11 is 0. The first-order valence-electron chi connectivity index (χ1n) is 7.35. The normalized spacial score (nSPS) is 19.6. The Labute approximate surface area is 126 Å². The molecule has 6 nitrogen and oxygen atoms in total. The number of hydrogen-bond donors (Lipinski definition) is 1. The number of amides is 1. The molecule has 1 atom stereocenters. The van der Waals surface area contributed by atoms with Gasteiger partial charge in [0.05, 0.1) is 25.6 Å². The number of ether oxygens (including phenoxy) is 1. The van der Waals surface area contributed by atoms with Crippen LogP contribution in [0.15, 0.2) is 0 Å². The van der Waals surface area contributed by atoms with Gasteiger partial charge in [0.15, 0.2) is 0 Å². The maximum atomic E-state index is 12.1. The Morgan fingerprint density at radius 3 is 2.43 bits per heavy atom.